The number of hydrogen-bond acceptors (Lipinski definition) is 4. The van der Waals surface area contributed by atoms with Gasteiger partial charge in [0.2, 0.25) is 0 Å². The molecule has 0 aliphatic heterocycles. The number of halogens is 3. The van der Waals surface area contributed by atoms with Crippen molar-refractivity contribution >= 4 is 5.97 Å². The molecule has 0 aliphatic carbocycles. The number of alkyl halides is 3. The molecule has 7 heteroatoms. The molecule has 0 atom stereocenters. The summed E-state index contributed by atoms with van der Waals surface area (Å²) in [6.45, 7) is -0.950. The first-order valence-electron chi connectivity index (χ1n) is 5.10. The summed E-state index contributed by atoms with van der Waals surface area (Å²) in [5.41, 5.74) is 0.717. The smallest absolute Gasteiger partial charge is 0.401 e. The third-order valence-corrected chi connectivity index (χ3v) is 2.13. The van der Waals surface area contributed by atoms with Gasteiger partial charge in [-0.25, -0.2) is 4.79 Å². The average molecular weight is 262 g/mol. The van der Waals surface area contributed by atoms with Crippen LogP contribution in [0.3, 0.4) is 0 Å². The van der Waals surface area contributed by atoms with Gasteiger partial charge in [-0.1, -0.05) is 0 Å². The lowest BCUT2D eigenvalue weighted by Crippen LogP contribution is -2.30. The van der Waals surface area contributed by atoms with Gasteiger partial charge in [-0.05, 0) is 19.2 Å². The van der Waals surface area contributed by atoms with Gasteiger partial charge in [0.05, 0.1) is 24.9 Å². The highest BCUT2D eigenvalue weighted by Crippen LogP contribution is 2.16. The largest absolute Gasteiger partial charge is 0.465 e. The number of carbonyl (C=O) groups is 1. The van der Waals surface area contributed by atoms with E-state index >= 15 is 0 Å². The lowest BCUT2D eigenvalue weighted by atomic mass is 10.2. The minimum Gasteiger partial charge on any atom is -0.465 e. The van der Waals surface area contributed by atoms with Gasteiger partial charge in [0.1, 0.15) is 0 Å². The molecular formula is C11H13F3N2O2. The molecule has 0 spiro atoms. The summed E-state index contributed by atoms with van der Waals surface area (Å²) in [5.74, 6) is -0.530. The number of aromatic nitrogens is 1. The number of ether oxygens (including phenoxy) is 1. The van der Waals surface area contributed by atoms with E-state index in [0.29, 0.717) is 5.69 Å². The van der Waals surface area contributed by atoms with E-state index in [-0.39, 0.29) is 12.1 Å². The van der Waals surface area contributed by atoms with E-state index in [1.165, 1.54) is 32.5 Å². The Bertz CT molecular complexity index is 404. The Labute approximate surface area is 102 Å². The van der Waals surface area contributed by atoms with Crippen molar-refractivity contribution in [1.82, 2.24) is 9.88 Å². The first-order chi connectivity index (χ1) is 8.31. The molecule has 4 nitrogen and oxygen atoms in total. The molecule has 0 aliphatic rings. The second-order valence-corrected chi connectivity index (χ2v) is 3.82. The Morgan fingerprint density at radius 2 is 2.11 bits per heavy atom. The standard InChI is InChI=1S/C11H13F3N2O2/c1-16(7-11(12,13)14)6-9-4-3-8(5-15-9)10(17)18-2/h3-5H,6-7H2,1-2H3. The number of hydrogen-bond donors (Lipinski definition) is 0. The van der Waals surface area contributed by atoms with Crippen molar-refractivity contribution in [2.45, 2.75) is 12.7 Å². The Hall–Kier alpha value is -1.63. The van der Waals surface area contributed by atoms with Crippen molar-refractivity contribution in [3.63, 3.8) is 0 Å². The molecule has 18 heavy (non-hydrogen) atoms. The molecule has 0 saturated heterocycles. The Balaban J connectivity index is 2.61. The predicted octanol–water partition coefficient (Wildman–Crippen LogP) is 1.86. The second-order valence-electron chi connectivity index (χ2n) is 3.82. The topological polar surface area (TPSA) is 42.4 Å². The van der Waals surface area contributed by atoms with E-state index in [4.69, 9.17) is 0 Å². The van der Waals surface area contributed by atoms with Crippen LogP contribution in [0.1, 0.15) is 16.1 Å². The number of carbonyl (C=O) groups excluding carboxylic acids is 1. The molecule has 0 amide bonds. The third-order valence-electron chi connectivity index (χ3n) is 2.13. The Kier molecular flexibility index (Phi) is 4.66. The molecule has 1 rings (SSSR count). The molecule has 0 radical (unpaired) electrons. The fourth-order valence-corrected chi connectivity index (χ4v) is 1.40. The van der Waals surface area contributed by atoms with E-state index < -0.39 is 18.7 Å². The molecule has 1 heterocycles. The Morgan fingerprint density at radius 1 is 1.44 bits per heavy atom. The molecule has 1 aromatic heterocycles. The maximum atomic E-state index is 12.1. The molecular weight excluding hydrogens is 249 g/mol. The molecule has 0 N–H and O–H groups in total. The SMILES string of the molecule is COC(=O)c1ccc(CN(C)CC(F)(F)F)nc1. The lowest BCUT2D eigenvalue weighted by molar-refractivity contribution is -0.144. The fraction of sp³-hybridized carbons (Fsp3) is 0.455. The van der Waals surface area contributed by atoms with Crippen LogP contribution in [0.15, 0.2) is 18.3 Å². The van der Waals surface area contributed by atoms with Crippen LogP contribution in [-0.4, -0.2) is 42.7 Å². The van der Waals surface area contributed by atoms with Crippen LogP contribution in [0.25, 0.3) is 0 Å². The van der Waals surface area contributed by atoms with Crippen LogP contribution in [-0.2, 0) is 11.3 Å². The zero-order valence-corrected chi connectivity index (χ0v) is 9.99. The summed E-state index contributed by atoms with van der Waals surface area (Å²) in [6.07, 6.45) is -2.96. The van der Waals surface area contributed by atoms with E-state index in [2.05, 4.69) is 9.72 Å². The van der Waals surface area contributed by atoms with Crippen LogP contribution >= 0.6 is 0 Å². The number of pyridine rings is 1. The van der Waals surface area contributed by atoms with Crippen molar-refractivity contribution < 1.29 is 22.7 Å². The van der Waals surface area contributed by atoms with Gasteiger partial charge in [-0.15, -0.1) is 0 Å². The number of nitrogens with zero attached hydrogens (tertiary/aromatic N) is 2. The summed E-state index contributed by atoms with van der Waals surface area (Å²) in [7, 11) is 2.59. The van der Waals surface area contributed by atoms with E-state index in [1.807, 2.05) is 0 Å². The molecule has 0 unspecified atom stereocenters. The first-order valence-corrected chi connectivity index (χ1v) is 5.10. The molecule has 0 fully saturated rings. The molecule has 0 bridgehead atoms. The third kappa shape index (κ3) is 4.70. The predicted molar refractivity (Wildman–Crippen MR) is 58.0 cm³/mol. The van der Waals surface area contributed by atoms with Gasteiger partial charge in [-0.2, -0.15) is 13.2 Å². The zero-order valence-electron chi connectivity index (χ0n) is 9.99. The summed E-state index contributed by atoms with van der Waals surface area (Å²) in [6, 6.07) is 2.97. The van der Waals surface area contributed by atoms with Gasteiger partial charge < -0.3 is 4.74 Å². The molecule has 1 aromatic rings. The van der Waals surface area contributed by atoms with Crippen LogP contribution < -0.4 is 0 Å². The summed E-state index contributed by atoms with van der Waals surface area (Å²) in [5, 5.41) is 0. The maximum absolute atomic E-state index is 12.1. The molecule has 0 aromatic carbocycles. The van der Waals surface area contributed by atoms with E-state index in [0.717, 1.165) is 4.90 Å². The van der Waals surface area contributed by atoms with Crippen LogP contribution in [0.4, 0.5) is 13.2 Å². The second kappa shape index (κ2) is 5.81. The van der Waals surface area contributed by atoms with Crippen molar-refractivity contribution in [1.29, 1.82) is 0 Å². The highest BCUT2D eigenvalue weighted by molar-refractivity contribution is 5.88. The summed E-state index contributed by atoms with van der Waals surface area (Å²) >= 11 is 0. The van der Waals surface area contributed by atoms with Gasteiger partial charge in [0.25, 0.3) is 0 Å². The highest BCUT2D eigenvalue weighted by atomic mass is 19.4. The van der Waals surface area contributed by atoms with E-state index in [9.17, 15) is 18.0 Å². The first kappa shape index (κ1) is 14.4. The van der Waals surface area contributed by atoms with Crippen molar-refractivity contribution in [2.75, 3.05) is 20.7 Å². The van der Waals surface area contributed by atoms with Crippen LogP contribution in [0, 0.1) is 0 Å². The highest BCUT2D eigenvalue weighted by Gasteiger charge is 2.29. The molecule has 0 saturated carbocycles. The van der Waals surface area contributed by atoms with Crippen molar-refractivity contribution in [3.8, 4) is 0 Å². The van der Waals surface area contributed by atoms with Gasteiger partial charge >= 0.3 is 12.1 Å². The fourth-order valence-electron chi connectivity index (χ4n) is 1.40. The zero-order chi connectivity index (χ0) is 13.8. The maximum Gasteiger partial charge on any atom is 0.401 e. The van der Waals surface area contributed by atoms with Gasteiger partial charge in [0.15, 0.2) is 0 Å². The normalized spacial score (nSPS) is 11.7. The van der Waals surface area contributed by atoms with Crippen molar-refractivity contribution in [3.05, 3.63) is 29.6 Å². The van der Waals surface area contributed by atoms with Crippen molar-refractivity contribution in [2.24, 2.45) is 0 Å². The quantitative estimate of drug-likeness (QED) is 0.777. The minimum absolute atomic E-state index is 0.0565. The van der Waals surface area contributed by atoms with Gasteiger partial charge in [-0.3, -0.25) is 9.88 Å². The average Bonchev–Trinajstić information content (AvgIpc) is 2.26. The molecule has 100 valence electrons. The number of rotatable bonds is 4. The Morgan fingerprint density at radius 3 is 2.56 bits per heavy atom. The van der Waals surface area contributed by atoms with E-state index in [1.54, 1.807) is 0 Å². The van der Waals surface area contributed by atoms with Crippen LogP contribution in [0.2, 0.25) is 0 Å². The minimum atomic E-state index is -4.24. The van der Waals surface area contributed by atoms with Gasteiger partial charge in [0, 0.05) is 12.7 Å². The summed E-state index contributed by atoms with van der Waals surface area (Å²) < 4.78 is 40.8. The number of esters is 1. The monoisotopic (exact) mass is 262 g/mol. The van der Waals surface area contributed by atoms with Crippen LogP contribution in [0.5, 0.6) is 0 Å². The number of methoxy groups -OCH3 is 1. The summed E-state index contributed by atoms with van der Waals surface area (Å²) in [4.78, 5) is 16.1. The lowest BCUT2D eigenvalue weighted by Gasteiger charge is -2.17.